The van der Waals surface area contributed by atoms with Gasteiger partial charge in [-0.25, -0.2) is 4.98 Å². The van der Waals surface area contributed by atoms with E-state index in [1.165, 1.54) is 11.4 Å². The molecule has 2 atom stereocenters. The Balaban J connectivity index is 1.95. The summed E-state index contributed by atoms with van der Waals surface area (Å²) in [5.41, 5.74) is 1.15. The van der Waals surface area contributed by atoms with Crippen molar-refractivity contribution in [2.24, 2.45) is 5.92 Å². The van der Waals surface area contributed by atoms with Crippen LogP contribution in [-0.2, 0) is 0 Å². The summed E-state index contributed by atoms with van der Waals surface area (Å²) in [6.45, 7) is 12.4. The molecule has 1 aliphatic rings. The van der Waals surface area contributed by atoms with E-state index in [4.69, 9.17) is 0 Å². The van der Waals surface area contributed by atoms with Gasteiger partial charge in [0.05, 0.1) is 6.04 Å². The third kappa shape index (κ3) is 3.53. The molecule has 102 valence electrons. The molecule has 2 rings (SSSR count). The van der Waals surface area contributed by atoms with Crippen molar-refractivity contribution in [3.8, 4) is 0 Å². The summed E-state index contributed by atoms with van der Waals surface area (Å²) in [6.07, 6.45) is 1.26. The van der Waals surface area contributed by atoms with E-state index in [9.17, 15) is 0 Å². The molecule has 0 saturated carbocycles. The van der Waals surface area contributed by atoms with Gasteiger partial charge in [-0.15, -0.1) is 11.3 Å². The maximum atomic E-state index is 4.63. The molecule has 0 amide bonds. The van der Waals surface area contributed by atoms with Gasteiger partial charge in [0.2, 0.25) is 0 Å². The van der Waals surface area contributed by atoms with Gasteiger partial charge in [0.25, 0.3) is 0 Å². The highest BCUT2D eigenvalue weighted by atomic mass is 32.1. The molecule has 0 bridgehead atoms. The van der Waals surface area contributed by atoms with Crippen LogP contribution < -0.4 is 5.32 Å². The average molecular weight is 267 g/mol. The molecule has 0 radical (unpaired) electrons. The number of aromatic nitrogens is 1. The molecule has 1 N–H and O–H groups in total. The number of aryl methyl sites for hydroxylation is 1. The van der Waals surface area contributed by atoms with E-state index < -0.39 is 0 Å². The zero-order valence-corrected chi connectivity index (χ0v) is 12.8. The van der Waals surface area contributed by atoms with E-state index in [0.717, 1.165) is 31.2 Å². The topological polar surface area (TPSA) is 28.2 Å². The van der Waals surface area contributed by atoms with Crippen LogP contribution in [0.5, 0.6) is 0 Å². The number of hydrogen-bond acceptors (Lipinski definition) is 4. The number of nitrogens with one attached hydrogen (secondary N) is 1. The van der Waals surface area contributed by atoms with Gasteiger partial charge >= 0.3 is 0 Å². The van der Waals surface area contributed by atoms with Gasteiger partial charge in [-0.3, -0.25) is 4.90 Å². The molecule has 1 aromatic heterocycles. The van der Waals surface area contributed by atoms with E-state index in [-0.39, 0.29) is 0 Å². The molecule has 0 aliphatic carbocycles. The molecule has 18 heavy (non-hydrogen) atoms. The maximum absolute atomic E-state index is 4.63. The number of hydrogen-bond donors (Lipinski definition) is 1. The van der Waals surface area contributed by atoms with Gasteiger partial charge in [0.15, 0.2) is 0 Å². The molecule has 4 heteroatoms. The van der Waals surface area contributed by atoms with Crippen molar-refractivity contribution in [2.45, 2.75) is 46.2 Å². The van der Waals surface area contributed by atoms with Crippen molar-refractivity contribution in [1.29, 1.82) is 0 Å². The molecule has 1 aromatic rings. The van der Waals surface area contributed by atoms with Crippen molar-refractivity contribution in [1.82, 2.24) is 15.2 Å². The van der Waals surface area contributed by atoms with Gasteiger partial charge < -0.3 is 5.32 Å². The number of rotatable bonds is 4. The molecule has 2 unspecified atom stereocenters. The Morgan fingerprint density at radius 3 is 2.89 bits per heavy atom. The second-order valence-corrected chi connectivity index (χ2v) is 6.67. The van der Waals surface area contributed by atoms with Gasteiger partial charge in [-0.1, -0.05) is 13.8 Å². The first kappa shape index (κ1) is 14.0. The van der Waals surface area contributed by atoms with Crippen LogP contribution in [0.3, 0.4) is 0 Å². The monoisotopic (exact) mass is 267 g/mol. The molecular formula is C14H25N3S. The van der Waals surface area contributed by atoms with Gasteiger partial charge in [-0.05, 0) is 26.2 Å². The Hall–Kier alpha value is -0.450. The first-order valence-corrected chi connectivity index (χ1v) is 7.83. The Bertz CT molecular complexity index is 375. The first-order valence-electron chi connectivity index (χ1n) is 6.95. The van der Waals surface area contributed by atoms with Crippen LogP contribution in [-0.4, -0.2) is 35.6 Å². The molecule has 0 spiro atoms. The van der Waals surface area contributed by atoms with Crippen LogP contribution in [0.2, 0.25) is 0 Å². The number of piperazine rings is 1. The van der Waals surface area contributed by atoms with Crippen LogP contribution in [0.25, 0.3) is 0 Å². The van der Waals surface area contributed by atoms with E-state index >= 15 is 0 Å². The van der Waals surface area contributed by atoms with E-state index in [1.54, 1.807) is 11.3 Å². The fraction of sp³-hybridized carbons (Fsp3) is 0.786. The average Bonchev–Trinajstić information content (AvgIpc) is 2.74. The first-order chi connectivity index (χ1) is 8.56. The number of nitrogens with zero attached hydrogens (tertiary/aromatic N) is 2. The Morgan fingerprint density at radius 2 is 2.28 bits per heavy atom. The van der Waals surface area contributed by atoms with Crippen molar-refractivity contribution >= 4 is 11.3 Å². The summed E-state index contributed by atoms with van der Waals surface area (Å²) in [5, 5.41) is 7.05. The highest BCUT2D eigenvalue weighted by molar-refractivity contribution is 7.09. The van der Waals surface area contributed by atoms with Gasteiger partial charge in [0, 0.05) is 36.8 Å². The minimum Gasteiger partial charge on any atom is -0.311 e. The van der Waals surface area contributed by atoms with E-state index in [1.807, 2.05) is 0 Å². The van der Waals surface area contributed by atoms with Crippen LogP contribution >= 0.6 is 11.3 Å². The lowest BCUT2D eigenvalue weighted by Crippen LogP contribution is -2.51. The third-order valence-corrected chi connectivity index (χ3v) is 4.72. The smallest absolute Gasteiger partial charge is 0.110 e. The molecule has 1 fully saturated rings. The van der Waals surface area contributed by atoms with Crippen molar-refractivity contribution in [3.63, 3.8) is 0 Å². The molecule has 3 nitrogen and oxygen atoms in total. The quantitative estimate of drug-likeness (QED) is 0.909. The van der Waals surface area contributed by atoms with E-state index in [0.29, 0.717) is 12.1 Å². The minimum atomic E-state index is 0.459. The highest BCUT2D eigenvalue weighted by Crippen LogP contribution is 2.25. The van der Waals surface area contributed by atoms with Crippen LogP contribution in [0, 0.1) is 12.8 Å². The molecule has 0 aromatic carbocycles. The lowest BCUT2D eigenvalue weighted by Gasteiger charge is -2.37. The Kier molecular flexibility index (Phi) is 4.76. The summed E-state index contributed by atoms with van der Waals surface area (Å²) in [6, 6.07) is 1.10. The lowest BCUT2D eigenvalue weighted by atomic mass is 10.0. The SMILES string of the molecule is Cc1csc(C(C)N2CCNC(CC(C)C)C2)n1. The second-order valence-electron chi connectivity index (χ2n) is 5.78. The maximum Gasteiger partial charge on any atom is 0.110 e. The fourth-order valence-electron chi connectivity index (χ4n) is 2.65. The zero-order valence-electron chi connectivity index (χ0n) is 11.9. The summed E-state index contributed by atoms with van der Waals surface area (Å²) in [4.78, 5) is 7.20. The summed E-state index contributed by atoms with van der Waals surface area (Å²) in [7, 11) is 0. The predicted molar refractivity (Wildman–Crippen MR) is 78.1 cm³/mol. The van der Waals surface area contributed by atoms with E-state index in [2.05, 4.69) is 48.3 Å². The Morgan fingerprint density at radius 1 is 1.50 bits per heavy atom. The van der Waals surface area contributed by atoms with Crippen LogP contribution in [0.4, 0.5) is 0 Å². The molecule has 1 saturated heterocycles. The Labute approximate surface area is 115 Å². The number of thiazole rings is 1. The summed E-state index contributed by atoms with van der Waals surface area (Å²) < 4.78 is 0. The normalized spacial score (nSPS) is 23.5. The van der Waals surface area contributed by atoms with Crippen molar-refractivity contribution in [2.75, 3.05) is 19.6 Å². The van der Waals surface area contributed by atoms with Crippen molar-refractivity contribution < 1.29 is 0 Å². The summed E-state index contributed by atoms with van der Waals surface area (Å²) in [5.74, 6) is 0.764. The van der Waals surface area contributed by atoms with Gasteiger partial charge in [0.1, 0.15) is 5.01 Å². The standard InChI is InChI=1S/C14H25N3S/c1-10(2)7-13-8-17(6-5-15-13)12(4)14-16-11(3)9-18-14/h9-10,12-13,15H,5-8H2,1-4H3. The molecular weight excluding hydrogens is 242 g/mol. The van der Waals surface area contributed by atoms with Gasteiger partial charge in [-0.2, -0.15) is 0 Å². The highest BCUT2D eigenvalue weighted by Gasteiger charge is 2.25. The zero-order chi connectivity index (χ0) is 13.1. The van der Waals surface area contributed by atoms with Crippen molar-refractivity contribution in [3.05, 3.63) is 16.1 Å². The third-order valence-electron chi connectivity index (χ3n) is 3.58. The predicted octanol–water partition coefficient (Wildman–Crippen LogP) is 2.83. The molecule has 1 aliphatic heterocycles. The second kappa shape index (κ2) is 6.13. The lowest BCUT2D eigenvalue weighted by molar-refractivity contribution is 0.143. The largest absolute Gasteiger partial charge is 0.311 e. The molecule has 2 heterocycles. The minimum absolute atomic E-state index is 0.459. The van der Waals surface area contributed by atoms with Crippen LogP contribution in [0.1, 0.15) is 43.9 Å². The van der Waals surface area contributed by atoms with Crippen LogP contribution in [0.15, 0.2) is 5.38 Å². The fourth-order valence-corrected chi connectivity index (χ4v) is 3.54. The summed E-state index contributed by atoms with van der Waals surface area (Å²) >= 11 is 1.79.